The van der Waals surface area contributed by atoms with Crippen molar-refractivity contribution in [2.75, 3.05) is 6.54 Å². The lowest BCUT2D eigenvalue weighted by Crippen LogP contribution is -2.35. The van der Waals surface area contributed by atoms with E-state index in [1.54, 1.807) is 6.07 Å². The van der Waals surface area contributed by atoms with Crippen LogP contribution >= 0.6 is 0 Å². The Bertz CT molecular complexity index is 675. The van der Waals surface area contributed by atoms with Crippen LogP contribution in [0.2, 0.25) is 0 Å². The summed E-state index contributed by atoms with van der Waals surface area (Å²) in [6.07, 6.45) is 0. The third kappa shape index (κ3) is 3.66. The van der Waals surface area contributed by atoms with Crippen LogP contribution in [-0.4, -0.2) is 11.7 Å². The van der Waals surface area contributed by atoms with Gasteiger partial charge in [-0.2, -0.15) is 5.26 Å². The molecule has 1 heterocycles. The summed E-state index contributed by atoms with van der Waals surface area (Å²) < 4.78 is 31.7. The fraction of sp³-hybridized carbons (Fsp3) is 0.267. The SMILES string of the molecule is CC(O)(CNCc1ccc(C#N)o1)c1ccc(F)cc1F. The molecule has 0 bridgehead atoms. The number of furan rings is 1. The molecule has 21 heavy (non-hydrogen) atoms. The molecule has 0 radical (unpaired) electrons. The minimum atomic E-state index is -1.50. The first-order valence-electron chi connectivity index (χ1n) is 6.30. The summed E-state index contributed by atoms with van der Waals surface area (Å²) in [5.74, 6) is -0.767. The lowest BCUT2D eigenvalue weighted by Gasteiger charge is -2.24. The van der Waals surface area contributed by atoms with Crippen molar-refractivity contribution in [1.29, 1.82) is 5.26 Å². The zero-order chi connectivity index (χ0) is 15.5. The van der Waals surface area contributed by atoms with Crippen molar-refractivity contribution in [3.05, 3.63) is 59.1 Å². The fourth-order valence-electron chi connectivity index (χ4n) is 1.98. The van der Waals surface area contributed by atoms with Crippen LogP contribution in [0, 0.1) is 23.0 Å². The fourth-order valence-corrected chi connectivity index (χ4v) is 1.98. The maximum absolute atomic E-state index is 13.7. The van der Waals surface area contributed by atoms with E-state index < -0.39 is 17.2 Å². The highest BCUT2D eigenvalue weighted by molar-refractivity contribution is 5.25. The van der Waals surface area contributed by atoms with Crippen molar-refractivity contribution in [3.63, 3.8) is 0 Å². The lowest BCUT2D eigenvalue weighted by atomic mass is 9.95. The van der Waals surface area contributed by atoms with Gasteiger partial charge in [0.25, 0.3) is 0 Å². The number of nitrogens with zero attached hydrogens (tertiary/aromatic N) is 1. The van der Waals surface area contributed by atoms with Gasteiger partial charge in [0.05, 0.1) is 6.54 Å². The second kappa shape index (κ2) is 6.04. The standard InChI is InChI=1S/C15H14F2N2O2/c1-15(20,13-5-2-10(16)6-14(13)17)9-19-8-12-4-3-11(7-18)21-12/h2-6,19-20H,8-9H2,1H3. The second-order valence-electron chi connectivity index (χ2n) is 4.88. The van der Waals surface area contributed by atoms with E-state index in [0.717, 1.165) is 12.1 Å². The van der Waals surface area contributed by atoms with E-state index in [4.69, 9.17) is 9.68 Å². The van der Waals surface area contributed by atoms with E-state index in [0.29, 0.717) is 5.76 Å². The molecule has 0 aliphatic carbocycles. The molecule has 2 rings (SSSR count). The predicted octanol–water partition coefficient (Wildman–Crippen LogP) is 2.43. The number of halogens is 2. The summed E-state index contributed by atoms with van der Waals surface area (Å²) in [6, 6.07) is 8.08. The van der Waals surface area contributed by atoms with E-state index in [-0.39, 0.29) is 24.4 Å². The average Bonchev–Trinajstić information content (AvgIpc) is 2.86. The maximum atomic E-state index is 13.7. The molecule has 2 N–H and O–H groups in total. The quantitative estimate of drug-likeness (QED) is 0.888. The number of nitrogens with one attached hydrogen (secondary N) is 1. The van der Waals surface area contributed by atoms with E-state index in [1.165, 1.54) is 19.1 Å². The Hall–Kier alpha value is -2.23. The van der Waals surface area contributed by atoms with Gasteiger partial charge in [0, 0.05) is 18.2 Å². The number of nitriles is 1. The number of benzene rings is 1. The number of aliphatic hydroxyl groups is 1. The minimum absolute atomic E-state index is 0.00792. The van der Waals surface area contributed by atoms with E-state index >= 15 is 0 Å². The monoisotopic (exact) mass is 292 g/mol. The molecule has 1 unspecified atom stereocenters. The van der Waals surface area contributed by atoms with Crippen molar-refractivity contribution in [1.82, 2.24) is 5.32 Å². The number of hydrogen-bond acceptors (Lipinski definition) is 4. The maximum Gasteiger partial charge on any atom is 0.203 e. The molecule has 1 aromatic heterocycles. The molecule has 0 aliphatic heterocycles. The van der Waals surface area contributed by atoms with Crippen LogP contribution in [0.15, 0.2) is 34.7 Å². The van der Waals surface area contributed by atoms with Crippen molar-refractivity contribution >= 4 is 0 Å². The van der Waals surface area contributed by atoms with E-state index in [9.17, 15) is 13.9 Å². The Morgan fingerprint density at radius 2 is 2.10 bits per heavy atom. The molecule has 1 atom stereocenters. The third-order valence-corrected chi connectivity index (χ3v) is 3.05. The van der Waals surface area contributed by atoms with Crippen LogP contribution in [0.1, 0.15) is 24.0 Å². The Balaban J connectivity index is 1.99. The second-order valence-corrected chi connectivity index (χ2v) is 4.88. The van der Waals surface area contributed by atoms with Gasteiger partial charge < -0.3 is 14.8 Å². The van der Waals surface area contributed by atoms with Gasteiger partial charge in [0.2, 0.25) is 5.76 Å². The zero-order valence-corrected chi connectivity index (χ0v) is 11.4. The molecular formula is C15H14F2N2O2. The zero-order valence-electron chi connectivity index (χ0n) is 11.4. The highest BCUT2D eigenvalue weighted by Crippen LogP contribution is 2.23. The summed E-state index contributed by atoms with van der Waals surface area (Å²) in [5.41, 5.74) is -1.49. The Morgan fingerprint density at radius 1 is 1.33 bits per heavy atom. The Labute approximate surface area is 120 Å². The first kappa shape index (κ1) is 15.2. The molecule has 4 nitrogen and oxygen atoms in total. The van der Waals surface area contributed by atoms with Gasteiger partial charge in [-0.25, -0.2) is 8.78 Å². The van der Waals surface area contributed by atoms with Crippen LogP contribution in [0.4, 0.5) is 8.78 Å². The highest BCUT2D eigenvalue weighted by Gasteiger charge is 2.26. The van der Waals surface area contributed by atoms with Gasteiger partial charge in [0.15, 0.2) is 0 Å². The van der Waals surface area contributed by atoms with E-state index in [2.05, 4.69) is 5.32 Å². The van der Waals surface area contributed by atoms with E-state index in [1.807, 2.05) is 6.07 Å². The molecule has 6 heteroatoms. The summed E-state index contributed by atoms with van der Waals surface area (Å²) in [7, 11) is 0. The Kier molecular flexibility index (Phi) is 4.36. The van der Waals surface area contributed by atoms with Crippen LogP contribution < -0.4 is 5.32 Å². The van der Waals surface area contributed by atoms with Gasteiger partial charge in [-0.05, 0) is 25.1 Å². The molecule has 0 amide bonds. The molecule has 0 saturated heterocycles. The van der Waals surface area contributed by atoms with Gasteiger partial charge in [0.1, 0.15) is 29.1 Å². The van der Waals surface area contributed by atoms with Gasteiger partial charge in [-0.1, -0.05) is 6.07 Å². The molecule has 1 aromatic carbocycles. The molecule has 110 valence electrons. The van der Waals surface area contributed by atoms with Gasteiger partial charge >= 0.3 is 0 Å². The van der Waals surface area contributed by atoms with Crippen LogP contribution in [0.25, 0.3) is 0 Å². The van der Waals surface area contributed by atoms with Crippen molar-refractivity contribution < 1.29 is 18.3 Å². The molecule has 0 saturated carbocycles. The van der Waals surface area contributed by atoms with Crippen LogP contribution in [0.5, 0.6) is 0 Å². The molecule has 0 spiro atoms. The van der Waals surface area contributed by atoms with Gasteiger partial charge in [-0.3, -0.25) is 0 Å². The first-order chi connectivity index (χ1) is 9.92. The third-order valence-electron chi connectivity index (χ3n) is 3.05. The predicted molar refractivity (Wildman–Crippen MR) is 71.1 cm³/mol. The highest BCUT2D eigenvalue weighted by atomic mass is 19.1. The summed E-state index contributed by atoms with van der Waals surface area (Å²) in [5, 5.41) is 21.8. The van der Waals surface area contributed by atoms with Crippen molar-refractivity contribution in [3.8, 4) is 6.07 Å². The van der Waals surface area contributed by atoms with Gasteiger partial charge in [-0.15, -0.1) is 0 Å². The van der Waals surface area contributed by atoms with Crippen LogP contribution in [-0.2, 0) is 12.1 Å². The molecule has 2 aromatic rings. The number of hydrogen-bond donors (Lipinski definition) is 2. The molecular weight excluding hydrogens is 278 g/mol. The molecule has 0 aliphatic rings. The smallest absolute Gasteiger partial charge is 0.203 e. The number of rotatable bonds is 5. The van der Waals surface area contributed by atoms with Crippen molar-refractivity contribution in [2.45, 2.75) is 19.1 Å². The lowest BCUT2D eigenvalue weighted by molar-refractivity contribution is 0.0524. The topological polar surface area (TPSA) is 69.2 Å². The largest absolute Gasteiger partial charge is 0.449 e. The molecule has 0 fully saturated rings. The average molecular weight is 292 g/mol. The summed E-state index contributed by atoms with van der Waals surface area (Å²) >= 11 is 0. The Morgan fingerprint density at radius 3 is 2.71 bits per heavy atom. The normalized spacial score (nSPS) is 13.7. The van der Waals surface area contributed by atoms with Crippen molar-refractivity contribution in [2.24, 2.45) is 0 Å². The first-order valence-corrected chi connectivity index (χ1v) is 6.30. The summed E-state index contributed by atoms with van der Waals surface area (Å²) in [6.45, 7) is 1.75. The minimum Gasteiger partial charge on any atom is -0.449 e. The van der Waals surface area contributed by atoms with Crippen LogP contribution in [0.3, 0.4) is 0 Å². The summed E-state index contributed by atoms with van der Waals surface area (Å²) in [4.78, 5) is 0.